The molecule has 1 aromatic rings. The molecule has 2 fully saturated rings. The van der Waals surface area contributed by atoms with Crippen molar-refractivity contribution in [3.05, 3.63) is 29.8 Å². The summed E-state index contributed by atoms with van der Waals surface area (Å²) in [6, 6.07) is 8.44. The number of ether oxygens (including phenoxy) is 2. The van der Waals surface area contributed by atoms with Crippen LogP contribution in [0.3, 0.4) is 0 Å². The van der Waals surface area contributed by atoms with Gasteiger partial charge in [-0.15, -0.1) is 0 Å². The summed E-state index contributed by atoms with van der Waals surface area (Å²) < 4.78 is 11.4. The minimum atomic E-state index is -0.377. The molecule has 3 aliphatic rings. The molecule has 0 aromatic heterocycles. The van der Waals surface area contributed by atoms with Crippen LogP contribution in [0.4, 0.5) is 0 Å². The number of rotatable bonds is 2. The van der Waals surface area contributed by atoms with Gasteiger partial charge in [-0.1, -0.05) is 32.0 Å². The Morgan fingerprint density at radius 2 is 1.88 bits per heavy atom. The number of hydrogen-bond acceptors (Lipinski definition) is 4. The average Bonchev–Trinajstić information content (AvgIpc) is 3.16. The zero-order valence-corrected chi connectivity index (χ0v) is 14.5. The van der Waals surface area contributed by atoms with Crippen molar-refractivity contribution in [1.29, 1.82) is 0 Å². The number of morpholine rings is 1. The Morgan fingerprint density at radius 1 is 1.12 bits per heavy atom. The van der Waals surface area contributed by atoms with Crippen LogP contribution in [-0.2, 0) is 9.53 Å². The van der Waals surface area contributed by atoms with Gasteiger partial charge in [0.05, 0.1) is 13.2 Å². The van der Waals surface area contributed by atoms with E-state index in [1.54, 1.807) is 0 Å². The molecule has 3 aliphatic heterocycles. The predicted octanol–water partition coefficient (Wildman–Crippen LogP) is 1.73. The molecule has 24 heavy (non-hydrogen) atoms. The van der Waals surface area contributed by atoms with Crippen LogP contribution in [0.2, 0.25) is 0 Å². The normalized spacial score (nSPS) is 33.3. The third kappa shape index (κ3) is 2.70. The highest BCUT2D eigenvalue weighted by atomic mass is 16.5. The third-order valence-electron chi connectivity index (χ3n) is 5.76. The lowest BCUT2D eigenvalue weighted by Crippen LogP contribution is -2.48. The number of likely N-dealkylation sites (tertiary alicyclic amines) is 1. The van der Waals surface area contributed by atoms with Gasteiger partial charge in [-0.05, 0) is 12.0 Å². The number of carbonyl (C=O) groups excluding carboxylic acids is 1. The fourth-order valence-electron chi connectivity index (χ4n) is 4.32. The van der Waals surface area contributed by atoms with E-state index in [9.17, 15) is 4.79 Å². The summed E-state index contributed by atoms with van der Waals surface area (Å²) in [6.07, 6.45) is -0.377. The fraction of sp³-hybridized carbons (Fsp3) is 0.632. The van der Waals surface area contributed by atoms with E-state index in [1.165, 1.54) is 0 Å². The molecule has 5 heteroatoms. The van der Waals surface area contributed by atoms with Crippen molar-refractivity contribution in [3.8, 4) is 5.75 Å². The van der Waals surface area contributed by atoms with Crippen molar-refractivity contribution in [3.63, 3.8) is 0 Å². The average molecular weight is 330 g/mol. The van der Waals surface area contributed by atoms with E-state index in [0.29, 0.717) is 12.0 Å². The Labute approximate surface area is 143 Å². The van der Waals surface area contributed by atoms with Gasteiger partial charge in [-0.2, -0.15) is 0 Å². The lowest BCUT2D eigenvalue weighted by molar-refractivity contribution is -0.137. The third-order valence-corrected chi connectivity index (χ3v) is 5.76. The second-order valence-electron chi connectivity index (χ2n) is 7.30. The summed E-state index contributed by atoms with van der Waals surface area (Å²) in [5.41, 5.74) is 1.15. The monoisotopic (exact) mass is 330 g/mol. The highest BCUT2D eigenvalue weighted by Crippen LogP contribution is 2.39. The van der Waals surface area contributed by atoms with Crippen LogP contribution in [-0.4, -0.2) is 67.2 Å². The van der Waals surface area contributed by atoms with Crippen LogP contribution >= 0.6 is 0 Å². The molecule has 3 heterocycles. The number of nitrogens with zero attached hydrogens (tertiary/aromatic N) is 2. The molecule has 0 spiro atoms. The molecular formula is C19H26N2O3. The van der Waals surface area contributed by atoms with Crippen molar-refractivity contribution >= 4 is 5.91 Å². The van der Waals surface area contributed by atoms with Crippen LogP contribution in [0.25, 0.3) is 0 Å². The number of para-hydroxylation sites is 1. The van der Waals surface area contributed by atoms with Gasteiger partial charge in [0.2, 0.25) is 0 Å². The second-order valence-corrected chi connectivity index (χ2v) is 7.30. The van der Waals surface area contributed by atoms with E-state index in [2.05, 4.69) is 24.8 Å². The summed E-state index contributed by atoms with van der Waals surface area (Å²) in [5.74, 6) is 1.61. The number of carbonyl (C=O) groups is 1. The molecule has 0 saturated carbocycles. The molecule has 0 bridgehead atoms. The van der Waals surface area contributed by atoms with Gasteiger partial charge in [0, 0.05) is 43.7 Å². The largest absolute Gasteiger partial charge is 0.480 e. The van der Waals surface area contributed by atoms with Crippen LogP contribution in [0.15, 0.2) is 24.3 Å². The standard InChI is InChI=1S/C19H26N2O3/c1-13-11-21(12-16(13)20-7-9-23-10-8-20)19(22)18-14(2)15-5-3-4-6-17(15)24-18/h3-6,13-14,16,18H,7-12H2,1-2H3. The Kier molecular flexibility index (Phi) is 4.22. The molecule has 0 N–H and O–H groups in total. The molecule has 1 amide bonds. The molecule has 4 rings (SSSR count). The van der Waals surface area contributed by atoms with Crippen molar-refractivity contribution in [2.24, 2.45) is 5.92 Å². The van der Waals surface area contributed by atoms with E-state index in [1.807, 2.05) is 23.1 Å². The first-order valence-corrected chi connectivity index (χ1v) is 9.01. The van der Waals surface area contributed by atoms with Crippen molar-refractivity contribution in [1.82, 2.24) is 9.80 Å². The first-order valence-electron chi connectivity index (χ1n) is 9.01. The van der Waals surface area contributed by atoms with E-state index in [4.69, 9.17) is 9.47 Å². The summed E-state index contributed by atoms with van der Waals surface area (Å²) in [4.78, 5) is 17.6. The van der Waals surface area contributed by atoms with Gasteiger partial charge < -0.3 is 14.4 Å². The van der Waals surface area contributed by atoms with E-state index in [-0.39, 0.29) is 17.9 Å². The smallest absolute Gasteiger partial charge is 0.264 e. The summed E-state index contributed by atoms with van der Waals surface area (Å²) in [5, 5.41) is 0. The van der Waals surface area contributed by atoms with E-state index >= 15 is 0 Å². The van der Waals surface area contributed by atoms with E-state index < -0.39 is 0 Å². The molecule has 2 saturated heterocycles. The van der Waals surface area contributed by atoms with Crippen molar-refractivity contribution < 1.29 is 14.3 Å². The van der Waals surface area contributed by atoms with Gasteiger partial charge >= 0.3 is 0 Å². The molecule has 1 aromatic carbocycles. The quantitative estimate of drug-likeness (QED) is 0.828. The SMILES string of the molecule is CC1CN(C(=O)C2Oc3ccccc3C2C)CC1N1CCOCC1. The van der Waals surface area contributed by atoms with Crippen LogP contribution < -0.4 is 4.74 Å². The molecule has 0 radical (unpaired) electrons. The second kappa shape index (κ2) is 6.37. The summed E-state index contributed by atoms with van der Waals surface area (Å²) in [6.45, 7) is 9.52. The number of benzene rings is 1. The minimum Gasteiger partial charge on any atom is -0.480 e. The molecule has 5 nitrogen and oxygen atoms in total. The highest BCUT2D eigenvalue weighted by Gasteiger charge is 2.43. The van der Waals surface area contributed by atoms with E-state index in [0.717, 1.165) is 50.7 Å². The predicted molar refractivity (Wildman–Crippen MR) is 91.2 cm³/mol. The maximum absolute atomic E-state index is 13.1. The van der Waals surface area contributed by atoms with Crippen LogP contribution in [0.1, 0.15) is 25.3 Å². The molecule has 0 aliphatic carbocycles. The molecule has 4 unspecified atom stereocenters. The number of hydrogen-bond donors (Lipinski definition) is 0. The zero-order valence-electron chi connectivity index (χ0n) is 14.5. The van der Waals surface area contributed by atoms with Crippen molar-refractivity contribution in [2.45, 2.75) is 31.9 Å². The fourth-order valence-corrected chi connectivity index (χ4v) is 4.32. The maximum Gasteiger partial charge on any atom is 0.264 e. The number of amides is 1. The lowest BCUT2D eigenvalue weighted by atomic mass is 9.97. The van der Waals surface area contributed by atoms with Crippen LogP contribution in [0.5, 0.6) is 5.75 Å². The number of fused-ring (bicyclic) bond motifs is 1. The zero-order chi connectivity index (χ0) is 16.7. The Bertz CT molecular complexity index is 614. The van der Waals surface area contributed by atoms with Crippen molar-refractivity contribution in [2.75, 3.05) is 39.4 Å². The topological polar surface area (TPSA) is 42.0 Å². The van der Waals surface area contributed by atoms with Gasteiger partial charge in [0.15, 0.2) is 6.10 Å². The molecular weight excluding hydrogens is 304 g/mol. The Hall–Kier alpha value is -1.59. The van der Waals surface area contributed by atoms with Crippen LogP contribution in [0, 0.1) is 5.92 Å². The Balaban J connectivity index is 1.44. The van der Waals surface area contributed by atoms with Gasteiger partial charge in [0.25, 0.3) is 5.91 Å². The first-order chi connectivity index (χ1) is 11.6. The van der Waals surface area contributed by atoms with Gasteiger partial charge in [-0.3, -0.25) is 9.69 Å². The van der Waals surface area contributed by atoms with Gasteiger partial charge in [-0.25, -0.2) is 0 Å². The first kappa shape index (κ1) is 15.9. The molecule has 4 atom stereocenters. The highest BCUT2D eigenvalue weighted by molar-refractivity contribution is 5.84. The lowest BCUT2D eigenvalue weighted by Gasteiger charge is -2.34. The Morgan fingerprint density at radius 3 is 2.62 bits per heavy atom. The maximum atomic E-state index is 13.1. The summed E-state index contributed by atoms with van der Waals surface area (Å²) in [7, 11) is 0. The van der Waals surface area contributed by atoms with Gasteiger partial charge in [0.1, 0.15) is 5.75 Å². The summed E-state index contributed by atoms with van der Waals surface area (Å²) >= 11 is 0. The molecule has 130 valence electrons. The minimum absolute atomic E-state index is 0.117.